The Balaban J connectivity index is 1.85. The molecule has 0 bridgehead atoms. The lowest BCUT2D eigenvalue weighted by molar-refractivity contribution is -0.113. The van der Waals surface area contributed by atoms with E-state index < -0.39 is 5.82 Å². The number of halogens is 2. The Kier molecular flexibility index (Phi) is 4.92. The van der Waals surface area contributed by atoms with Gasteiger partial charge in [-0.1, -0.05) is 52.3 Å². The van der Waals surface area contributed by atoms with E-state index in [1.54, 1.807) is 24.3 Å². The van der Waals surface area contributed by atoms with E-state index >= 15 is 0 Å². The molecule has 0 saturated carbocycles. The highest BCUT2D eigenvalue weighted by Gasteiger charge is 2.33. The van der Waals surface area contributed by atoms with E-state index in [4.69, 9.17) is 0 Å². The highest BCUT2D eigenvalue weighted by Crippen LogP contribution is 2.29. The van der Waals surface area contributed by atoms with Crippen LogP contribution in [0.25, 0.3) is 6.08 Å². The SMILES string of the molecule is Cc1cccc(N2C(=O)/C(=C\c3ccc(Br)cc3)N=C2c2ccccc2F)c1. The van der Waals surface area contributed by atoms with E-state index in [9.17, 15) is 9.18 Å². The van der Waals surface area contributed by atoms with Crippen LogP contribution in [0.1, 0.15) is 16.7 Å². The summed E-state index contributed by atoms with van der Waals surface area (Å²) in [6.07, 6.45) is 1.71. The molecule has 3 nitrogen and oxygen atoms in total. The van der Waals surface area contributed by atoms with Gasteiger partial charge in [0.2, 0.25) is 0 Å². The molecule has 0 aromatic heterocycles. The largest absolute Gasteiger partial charge is 0.282 e. The first-order valence-corrected chi connectivity index (χ1v) is 9.54. The van der Waals surface area contributed by atoms with Gasteiger partial charge in [-0.05, 0) is 60.5 Å². The van der Waals surface area contributed by atoms with Gasteiger partial charge in [-0.2, -0.15) is 0 Å². The minimum Gasteiger partial charge on any atom is -0.266 e. The molecular weight excluding hydrogens is 419 g/mol. The molecule has 0 radical (unpaired) electrons. The fourth-order valence-electron chi connectivity index (χ4n) is 3.06. The lowest BCUT2D eigenvalue weighted by Crippen LogP contribution is -2.33. The molecular formula is C23H16BrFN2O. The standard InChI is InChI=1S/C23H16BrFN2O/c1-15-5-4-6-18(13-15)27-22(19-7-2-3-8-20(19)25)26-21(23(27)28)14-16-9-11-17(24)12-10-16/h2-14H,1H3/b21-14+. The van der Waals surface area contributed by atoms with Crippen molar-refractivity contribution in [3.8, 4) is 0 Å². The Hall–Kier alpha value is -3.05. The lowest BCUT2D eigenvalue weighted by Gasteiger charge is -2.19. The predicted octanol–water partition coefficient (Wildman–Crippen LogP) is 5.73. The molecule has 0 fully saturated rings. The predicted molar refractivity (Wildman–Crippen MR) is 114 cm³/mol. The number of hydrogen-bond donors (Lipinski definition) is 0. The molecule has 5 heteroatoms. The van der Waals surface area contributed by atoms with Crippen molar-refractivity contribution in [1.82, 2.24) is 0 Å². The van der Waals surface area contributed by atoms with Crippen molar-refractivity contribution in [2.45, 2.75) is 6.92 Å². The summed E-state index contributed by atoms with van der Waals surface area (Å²) in [7, 11) is 0. The van der Waals surface area contributed by atoms with Gasteiger partial charge < -0.3 is 0 Å². The molecule has 3 aromatic rings. The van der Waals surface area contributed by atoms with E-state index in [1.807, 2.05) is 55.5 Å². The average Bonchev–Trinajstić information content (AvgIpc) is 3.00. The van der Waals surface area contributed by atoms with Crippen LogP contribution < -0.4 is 4.90 Å². The third-order valence-corrected chi connectivity index (χ3v) is 4.94. The van der Waals surface area contributed by atoms with E-state index in [1.165, 1.54) is 11.0 Å². The van der Waals surface area contributed by atoms with Crippen LogP contribution in [0, 0.1) is 12.7 Å². The minimum atomic E-state index is -0.420. The van der Waals surface area contributed by atoms with Crippen LogP contribution in [0.2, 0.25) is 0 Å². The maximum atomic E-state index is 14.5. The van der Waals surface area contributed by atoms with E-state index in [0.29, 0.717) is 5.69 Å². The van der Waals surface area contributed by atoms with Crippen molar-refractivity contribution < 1.29 is 9.18 Å². The van der Waals surface area contributed by atoms with Gasteiger partial charge in [0.1, 0.15) is 11.5 Å². The van der Waals surface area contributed by atoms with Gasteiger partial charge in [-0.25, -0.2) is 9.38 Å². The summed E-state index contributed by atoms with van der Waals surface area (Å²) in [5.74, 6) is -0.416. The third kappa shape index (κ3) is 3.53. The van der Waals surface area contributed by atoms with E-state index in [-0.39, 0.29) is 23.0 Å². The molecule has 1 amide bonds. The van der Waals surface area contributed by atoms with Crippen molar-refractivity contribution >= 4 is 39.4 Å². The second-order valence-electron chi connectivity index (χ2n) is 6.48. The van der Waals surface area contributed by atoms with Crippen LogP contribution in [-0.2, 0) is 4.79 Å². The van der Waals surface area contributed by atoms with Gasteiger partial charge in [-0.15, -0.1) is 0 Å². The highest BCUT2D eigenvalue weighted by molar-refractivity contribution is 9.10. The van der Waals surface area contributed by atoms with E-state index in [2.05, 4.69) is 20.9 Å². The first kappa shape index (κ1) is 18.3. The van der Waals surface area contributed by atoms with Crippen molar-refractivity contribution in [2.75, 3.05) is 4.90 Å². The minimum absolute atomic E-state index is 0.266. The summed E-state index contributed by atoms with van der Waals surface area (Å²) in [5.41, 5.74) is 3.06. The summed E-state index contributed by atoms with van der Waals surface area (Å²) in [5, 5.41) is 0. The molecule has 138 valence electrons. The van der Waals surface area contributed by atoms with Crippen molar-refractivity contribution in [1.29, 1.82) is 0 Å². The van der Waals surface area contributed by atoms with Gasteiger partial charge in [0.15, 0.2) is 5.84 Å². The summed E-state index contributed by atoms with van der Waals surface area (Å²) in [4.78, 5) is 19.2. The first-order valence-electron chi connectivity index (χ1n) is 8.75. The number of anilines is 1. The van der Waals surface area contributed by atoms with Crippen molar-refractivity contribution in [2.24, 2.45) is 4.99 Å². The number of hydrogen-bond acceptors (Lipinski definition) is 2. The smallest absolute Gasteiger partial charge is 0.266 e. The van der Waals surface area contributed by atoms with Gasteiger partial charge in [0, 0.05) is 4.47 Å². The summed E-state index contributed by atoms with van der Waals surface area (Å²) in [6, 6.07) is 21.4. The van der Waals surface area contributed by atoms with Crippen molar-refractivity contribution in [3.63, 3.8) is 0 Å². The molecule has 1 aliphatic heterocycles. The number of nitrogens with zero attached hydrogens (tertiary/aromatic N) is 2. The molecule has 4 rings (SSSR count). The lowest BCUT2D eigenvalue weighted by atomic mass is 10.1. The second kappa shape index (κ2) is 7.52. The zero-order valence-corrected chi connectivity index (χ0v) is 16.7. The van der Waals surface area contributed by atoms with Crippen LogP contribution in [0.15, 0.2) is 88.0 Å². The summed E-state index contributed by atoms with van der Waals surface area (Å²) >= 11 is 3.40. The van der Waals surface area contributed by atoms with Crippen LogP contribution in [0.3, 0.4) is 0 Å². The summed E-state index contributed by atoms with van der Waals surface area (Å²) < 4.78 is 15.4. The maximum absolute atomic E-state index is 14.5. The van der Waals surface area contributed by atoms with Gasteiger partial charge in [-0.3, -0.25) is 9.69 Å². The third-order valence-electron chi connectivity index (χ3n) is 4.41. The van der Waals surface area contributed by atoms with Crippen LogP contribution in [-0.4, -0.2) is 11.7 Å². The Bertz CT molecular complexity index is 1120. The number of aryl methyl sites for hydroxylation is 1. The zero-order chi connectivity index (χ0) is 19.7. The summed E-state index contributed by atoms with van der Waals surface area (Å²) in [6.45, 7) is 1.95. The number of carbonyl (C=O) groups excluding carboxylic acids is 1. The second-order valence-corrected chi connectivity index (χ2v) is 7.39. The number of aliphatic imine (C=N–C) groups is 1. The number of benzene rings is 3. The molecule has 1 heterocycles. The molecule has 28 heavy (non-hydrogen) atoms. The monoisotopic (exact) mass is 434 g/mol. The number of carbonyl (C=O) groups is 1. The molecule has 3 aromatic carbocycles. The zero-order valence-electron chi connectivity index (χ0n) is 15.1. The molecule has 0 unspecified atom stereocenters. The topological polar surface area (TPSA) is 32.7 Å². The molecule has 1 aliphatic rings. The van der Waals surface area contributed by atoms with Gasteiger partial charge in [0.05, 0.1) is 11.3 Å². The highest BCUT2D eigenvalue weighted by atomic mass is 79.9. The fourth-order valence-corrected chi connectivity index (χ4v) is 3.33. The van der Waals surface area contributed by atoms with Crippen molar-refractivity contribution in [3.05, 3.63) is 105 Å². The average molecular weight is 435 g/mol. The number of amides is 1. The van der Waals surface area contributed by atoms with Crippen LogP contribution >= 0.6 is 15.9 Å². The Morgan fingerprint density at radius 1 is 1.00 bits per heavy atom. The fraction of sp³-hybridized carbons (Fsp3) is 0.0435. The molecule has 0 atom stereocenters. The van der Waals surface area contributed by atoms with E-state index in [0.717, 1.165) is 15.6 Å². The number of amidine groups is 1. The molecule has 0 N–H and O–H groups in total. The van der Waals surface area contributed by atoms with Crippen LogP contribution in [0.4, 0.5) is 10.1 Å². The Labute approximate surface area is 171 Å². The Morgan fingerprint density at radius 2 is 1.75 bits per heavy atom. The quantitative estimate of drug-likeness (QED) is 0.484. The molecule has 0 aliphatic carbocycles. The van der Waals surface area contributed by atoms with Gasteiger partial charge >= 0.3 is 0 Å². The Morgan fingerprint density at radius 3 is 2.46 bits per heavy atom. The van der Waals surface area contributed by atoms with Gasteiger partial charge in [0.25, 0.3) is 5.91 Å². The first-order chi connectivity index (χ1) is 13.5. The molecule has 0 spiro atoms. The van der Waals surface area contributed by atoms with Crippen LogP contribution in [0.5, 0.6) is 0 Å². The normalized spacial score (nSPS) is 15.2. The molecule has 0 saturated heterocycles. The maximum Gasteiger partial charge on any atom is 0.282 e. The number of rotatable bonds is 3.